The van der Waals surface area contributed by atoms with Crippen molar-refractivity contribution in [2.75, 3.05) is 13.1 Å². The normalized spacial score (nSPS) is 16.7. The molecule has 4 rings (SSSR count). The Bertz CT molecular complexity index is 993. The van der Waals surface area contributed by atoms with E-state index in [0.29, 0.717) is 25.1 Å². The van der Waals surface area contributed by atoms with E-state index >= 15 is 0 Å². The Balaban J connectivity index is 1.50. The number of nitrogens with zero attached hydrogens (tertiary/aromatic N) is 5. The first-order valence-electron chi connectivity index (χ1n) is 9.10. The van der Waals surface area contributed by atoms with Gasteiger partial charge in [0.2, 0.25) is 0 Å². The quantitative estimate of drug-likeness (QED) is 0.740. The fraction of sp³-hybridized carbons (Fsp3) is 0.421. The molecule has 0 bridgehead atoms. The van der Waals surface area contributed by atoms with Crippen LogP contribution in [0.5, 0.6) is 5.75 Å². The van der Waals surface area contributed by atoms with Crippen LogP contribution in [0.1, 0.15) is 41.3 Å². The molecule has 6 nitrogen and oxygen atoms in total. The van der Waals surface area contributed by atoms with Crippen LogP contribution in [-0.2, 0) is 12.7 Å². The van der Waals surface area contributed by atoms with E-state index in [9.17, 15) is 18.3 Å². The van der Waals surface area contributed by atoms with Gasteiger partial charge in [-0.1, -0.05) is 17.7 Å². The molecule has 9 heteroatoms. The highest BCUT2D eigenvalue weighted by Crippen LogP contribution is 2.34. The summed E-state index contributed by atoms with van der Waals surface area (Å²) in [5.74, 6) is 0.170. The van der Waals surface area contributed by atoms with Gasteiger partial charge in [-0.2, -0.15) is 27.8 Å². The van der Waals surface area contributed by atoms with Crippen LogP contribution in [0.3, 0.4) is 0 Å². The third-order valence-electron chi connectivity index (χ3n) is 5.20. The number of aryl methyl sites for hydroxylation is 1. The summed E-state index contributed by atoms with van der Waals surface area (Å²) < 4.78 is 40.8. The molecule has 0 saturated carbocycles. The van der Waals surface area contributed by atoms with Crippen molar-refractivity contribution in [2.45, 2.75) is 38.4 Å². The largest absolute Gasteiger partial charge is 0.508 e. The number of halogens is 3. The third kappa shape index (κ3) is 3.66. The van der Waals surface area contributed by atoms with Crippen LogP contribution in [-0.4, -0.2) is 42.7 Å². The van der Waals surface area contributed by atoms with Gasteiger partial charge in [-0.15, -0.1) is 0 Å². The minimum Gasteiger partial charge on any atom is -0.508 e. The van der Waals surface area contributed by atoms with Crippen LogP contribution in [0.25, 0.3) is 5.78 Å². The Labute approximate surface area is 159 Å². The molecule has 2 aromatic heterocycles. The van der Waals surface area contributed by atoms with E-state index < -0.39 is 11.9 Å². The lowest BCUT2D eigenvalue weighted by molar-refractivity contribution is -0.142. The number of phenols is 1. The molecule has 1 N–H and O–H groups in total. The first-order valence-corrected chi connectivity index (χ1v) is 9.10. The maximum Gasteiger partial charge on any atom is 0.433 e. The zero-order chi connectivity index (χ0) is 19.9. The van der Waals surface area contributed by atoms with E-state index in [1.165, 1.54) is 0 Å². The predicted octanol–water partition coefficient (Wildman–Crippen LogP) is 3.54. The van der Waals surface area contributed by atoms with Crippen molar-refractivity contribution in [1.29, 1.82) is 0 Å². The lowest BCUT2D eigenvalue weighted by Crippen LogP contribution is -2.33. The van der Waals surface area contributed by atoms with Gasteiger partial charge >= 0.3 is 6.18 Å². The zero-order valence-electron chi connectivity index (χ0n) is 15.3. The molecule has 3 heterocycles. The minimum absolute atomic E-state index is 0.0306. The van der Waals surface area contributed by atoms with Crippen LogP contribution in [0.2, 0.25) is 0 Å². The van der Waals surface area contributed by atoms with Crippen molar-refractivity contribution in [3.8, 4) is 5.75 Å². The summed E-state index contributed by atoms with van der Waals surface area (Å²) in [5.41, 5.74) is 1.50. The fourth-order valence-corrected chi connectivity index (χ4v) is 3.71. The van der Waals surface area contributed by atoms with Gasteiger partial charge in [-0.25, -0.2) is 4.98 Å². The highest BCUT2D eigenvalue weighted by molar-refractivity contribution is 5.36. The number of likely N-dealkylation sites (tertiary alicyclic amines) is 1. The number of fused-ring (bicyclic) bond motifs is 1. The van der Waals surface area contributed by atoms with Gasteiger partial charge in [0.1, 0.15) is 12.1 Å². The molecular weight excluding hydrogens is 371 g/mol. The number of piperidine rings is 1. The maximum atomic E-state index is 13.4. The molecule has 3 aromatic rings. The van der Waals surface area contributed by atoms with Crippen LogP contribution in [0.15, 0.2) is 30.6 Å². The van der Waals surface area contributed by atoms with Crippen molar-refractivity contribution in [2.24, 2.45) is 0 Å². The second-order valence-electron chi connectivity index (χ2n) is 7.22. The van der Waals surface area contributed by atoms with Gasteiger partial charge in [-0.3, -0.25) is 4.90 Å². The Hall–Kier alpha value is -2.68. The highest BCUT2D eigenvalue weighted by Gasteiger charge is 2.36. The molecule has 148 valence electrons. The number of alkyl halides is 3. The number of aromatic hydroxyl groups is 1. The molecule has 28 heavy (non-hydrogen) atoms. The fourth-order valence-electron chi connectivity index (χ4n) is 3.71. The maximum absolute atomic E-state index is 13.4. The van der Waals surface area contributed by atoms with Crippen LogP contribution < -0.4 is 0 Å². The second-order valence-corrected chi connectivity index (χ2v) is 7.22. The second kappa shape index (κ2) is 7.05. The molecule has 1 aliphatic rings. The number of rotatable bonds is 3. The zero-order valence-corrected chi connectivity index (χ0v) is 15.3. The van der Waals surface area contributed by atoms with Gasteiger partial charge < -0.3 is 5.11 Å². The summed E-state index contributed by atoms with van der Waals surface area (Å²) in [6.07, 6.45) is -2.05. The van der Waals surface area contributed by atoms with Crippen molar-refractivity contribution >= 4 is 5.78 Å². The summed E-state index contributed by atoms with van der Waals surface area (Å²) in [4.78, 5) is 10.3. The summed E-state index contributed by atoms with van der Waals surface area (Å²) in [7, 11) is 0. The molecule has 0 radical (unpaired) electrons. The summed E-state index contributed by atoms with van der Waals surface area (Å²) in [6.45, 7) is 4.03. The summed E-state index contributed by atoms with van der Waals surface area (Å²) in [6, 6.07) is 6.59. The van der Waals surface area contributed by atoms with Crippen LogP contribution in [0.4, 0.5) is 13.2 Å². The van der Waals surface area contributed by atoms with E-state index in [1.54, 1.807) is 6.07 Å². The Morgan fingerprint density at radius 1 is 1.18 bits per heavy atom. The molecule has 1 saturated heterocycles. The molecule has 0 unspecified atom stereocenters. The summed E-state index contributed by atoms with van der Waals surface area (Å²) >= 11 is 0. The van der Waals surface area contributed by atoms with E-state index in [2.05, 4.69) is 20.0 Å². The lowest BCUT2D eigenvalue weighted by atomic mass is 9.92. The van der Waals surface area contributed by atoms with Crippen LogP contribution in [0, 0.1) is 6.92 Å². The van der Waals surface area contributed by atoms with Gasteiger partial charge in [0, 0.05) is 23.7 Å². The van der Waals surface area contributed by atoms with E-state index in [0.717, 1.165) is 41.1 Å². The van der Waals surface area contributed by atoms with Gasteiger partial charge in [-0.05, 0) is 45.0 Å². The molecular formula is C19H20F3N5O. The average molecular weight is 391 g/mol. The average Bonchev–Trinajstić information content (AvgIpc) is 3.12. The smallest absolute Gasteiger partial charge is 0.433 e. The van der Waals surface area contributed by atoms with Crippen molar-refractivity contribution < 1.29 is 18.3 Å². The Morgan fingerprint density at radius 2 is 1.93 bits per heavy atom. The molecule has 0 aliphatic carbocycles. The number of hydrogen-bond acceptors (Lipinski definition) is 5. The SMILES string of the molecule is Cc1ccc(O)c(CN2CCC(c3cc(C(F)(F)F)n4ncnc4n3)CC2)c1. The van der Waals surface area contributed by atoms with Crippen molar-refractivity contribution in [3.05, 3.63) is 53.1 Å². The standard InChI is InChI=1S/C19H20F3N5O/c1-12-2-3-16(28)14(8-12)10-26-6-4-13(5-7-26)15-9-17(19(20,21)22)27-18(25-15)23-11-24-27/h2-3,8-9,11,13,28H,4-7,10H2,1H3. The van der Waals surface area contributed by atoms with E-state index in [4.69, 9.17) is 0 Å². The first kappa shape index (κ1) is 18.7. The highest BCUT2D eigenvalue weighted by atomic mass is 19.4. The van der Waals surface area contributed by atoms with Gasteiger partial charge in [0.05, 0.1) is 0 Å². The Morgan fingerprint density at radius 3 is 2.64 bits per heavy atom. The third-order valence-corrected chi connectivity index (χ3v) is 5.20. The molecule has 1 aliphatic heterocycles. The number of benzene rings is 1. The first-order chi connectivity index (χ1) is 13.3. The van der Waals surface area contributed by atoms with Crippen molar-refractivity contribution in [1.82, 2.24) is 24.5 Å². The lowest BCUT2D eigenvalue weighted by Gasteiger charge is -2.32. The molecule has 0 amide bonds. The van der Waals surface area contributed by atoms with Crippen LogP contribution >= 0.6 is 0 Å². The molecule has 1 fully saturated rings. The topological polar surface area (TPSA) is 66.5 Å². The monoisotopic (exact) mass is 391 g/mol. The van der Waals surface area contributed by atoms with Crippen molar-refractivity contribution in [3.63, 3.8) is 0 Å². The number of phenolic OH excluding ortho intramolecular Hbond substituents is 1. The number of hydrogen-bond donors (Lipinski definition) is 1. The van der Waals surface area contributed by atoms with E-state index in [1.807, 2.05) is 19.1 Å². The minimum atomic E-state index is -4.52. The molecule has 0 atom stereocenters. The molecule has 0 spiro atoms. The summed E-state index contributed by atoms with van der Waals surface area (Å²) in [5, 5.41) is 13.7. The molecule has 1 aromatic carbocycles. The predicted molar refractivity (Wildman–Crippen MR) is 95.9 cm³/mol. The van der Waals surface area contributed by atoms with Gasteiger partial charge in [0.25, 0.3) is 5.78 Å². The van der Waals surface area contributed by atoms with Gasteiger partial charge in [0.15, 0.2) is 5.69 Å². The number of aromatic nitrogens is 4. The Kier molecular flexibility index (Phi) is 4.70. The van der Waals surface area contributed by atoms with E-state index in [-0.39, 0.29) is 17.4 Å².